The Balaban J connectivity index is 1.79. The number of carbonyl (C=O) groups is 1. The zero-order chi connectivity index (χ0) is 19.1. The lowest BCUT2D eigenvalue weighted by Crippen LogP contribution is -2.26. The van der Waals surface area contributed by atoms with E-state index in [0.717, 1.165) is 5.56 Å². The first-order valence-corrected chi connectivity index (χ1v) is 8.18. The van der Waals surface area contributed by atoms with Gasteiger partial charge in [0.15, 0.2) is 0 Å². The molecule has 3 rings (SSSR count). The maximum atomic E-state index is 12.9. The summed E-state index contributed by atoms with van der Waals surface area (Å²) in [5.41, 5.74) is 2.32. The van der Waals surface area contributed by atoms with Gasteiger partial charge in [0.2, 0.25) is 5.82 Å². The van der Waals surface area contributed by atoms with Gasteiger partial charge >= 0.3 is 0 Å². The number of benzene rings is 2. The number of hydrogen-bond acceptors (Lipinski definition) is 6. The van der Waals surface area contributed by atoms with Crippen molar-refractivity contribution in [2.24, 2.45) is 0 Å². The molecule has 2 N–H and O–H groups in total. The molecule has 1 heterocycles. The second-order valence-electron chi connectivity index (χ2n) is 5.74. The van der Waals surface area contributed by atoms with Crippen LogP contribution < -0.4 is 5.32 Å². The minimum atomic E-state index is -0.131. The van der Waals surface area contributed by atoms with Crippen LogP contribution >= 0.6 is 0 Å². The molecule has 0 radical (unpaired) electrons. The molecule has 0 aliphatic heterocycles. The normalized spacial score (nSPS) is 10.9. The predicted molar refractivity (Wildman–Crippen MR) is 100 cm³/mol. The second kappa shape index (κ2) is 8.40. The maximum Gasteiger partial charge on any atom is 0.256 e. The van der Waals surface area contributed by atoms with Crippen LogP contribution in [0.1, 0.15) is 21.7 Å². The molecule has 0 saturated heterocycles. The molecular weight excluding hydrogens is 342 g/mol. The first kappa shape index (κ1) is 17.8. The molecule has 1 aromatic heterocycles. The predicted octanol–water partition coefficient (Wildman–Crippen LogP) is 2.45. The molecule has 0 spiro atoms. The van der Waals surface area contributed by atoms with E-state index in [9.17, 15) is 10.1 Å². The van der Waals surface area contributed by atoms with Crippen LogP contribution in [-0.4, -0.2) is 38.5 Å². The molecule has 0 aliphatic carbocycles. The van der Waals surface area contributed by atoms with Crippen molar-refractivity contribution in [3.8, 4) is 6.07 Å². The number of H-pyrrole nitrogens is 1. The number of carbonyl (C=O) groups excluding carboxylic acids is 1. The lowest BCUT2D eigenvalue weighted by Gasteiger charge is -2.19. The van der Waals surface area contributed by atoms with Crippen LogP contribution in [0, 0.1) is 11.3 Å². The number of tetrazole rings is 1. The van der Waals surface area contributed by atoms with Crippen LogP contribution in [0.25, 0.3) is 5.57 Å². The van der Waals surface area contributed by atoms with Crippen LogP contribution in [0.3, 0.4) is 0 Å². The molecule has 0 saturated carbocycles. The highest BCUT2D eigenvalue weighted by Gasteiger charge is 2.16. The van der Waals surface area contributed by atoms with Crippen molar-refractivity contribution >= 4 is 17.2 Å². The number of hydrogen-bond donors (Lipinski definition) is 2. The summed E-state index contributed by atoms with van der Waals surface area (Å²) in [7, 11) is 1.75. The average molecular weight is 359 g/mol. The number of amides is 1. The fourth-order valence-electron chi connectivity index (χ4n) is 2.50. The van der Waals surface area contributed by atoms with Crippen LogP contribution in [0.5, 0.6) is 0 Å². The molecular formula is C19H17N7O. The molecule has 0 fully saturated rings. The van der Waals surface area contributed by atoms with Crippen molar-refractivity contribution < 1.29 is 4.79 Å². The Labute approximate surface area is 156 Å². The van der Waals surface area contributed by atoms with Crippen molar-refractivity contribution in [2.45, 2.75) is 6.54 Å². The summed E-state index contributed by atoms with van der Waals surface area (Å²) in [5, 5.41) is 25.5. The van der Waals surface area contributed by atoms with Gasteiger partial charge in [0.25, 0.3) is 5.91 Å². The summed E-state index contributed by atoms with van der Waals surface area (Å²) in [6, 6.07) is 18.9. The SMILES string of the molecule is CN(Cc1ccccc1)C(=O)c1ccccc1NC=C(C#N)c1nn[nH]n1. The van der Waals surface area contributed by atoms with Crippen LogP contribution in [0.15, 0.2) is 60.8 Å². The Morgan fingerprint density at radius 1 is 1.22 bits per heavy atom. The molecule has 8 nitrogen and oxygen atoms in total. The smallest absolute Gasteiger partial charge is 0.256 e. The summed E-state index contributed by atoms with van der Waals surface area (Å²) in [5.74, 6) is 0.0448. The van der Waals surface area contributed by atoms with Crippen molar-refractivity contribution in [1.82, 2.24) is 25.5 Å². The zero-order valence-corrected chi connectivity index (χ0v) is 14.6. The van der Waals surface area contributed by atoms with Gasteiger partial charge in [-0.3, -0.25) is 4.79 Å². The van der Waals surface area contributed by atoms with Gasteiger partial charge in [-0.1, -0.05) is 42.5 Å². The number of aromatic nitrogens is 4. The van der Waals surface area contributed by atoms with Crippen molar-refractivity contribution in [3.05, 3.63) is 77.7 Å². The van der Waals surface area contributed by atoms with E-state index in [1.54, 1.807) is 30.1 Å². The fourth-order valence-corrected chi connectivity index (χ4v) is 2.50. The molecule has 3 aromatic rings. The molecule has 134 valence electrons. The number of nitrogens with zero attached hydrogens (tertiary/aromatic N) is 5. The Morgan fingerprint density at radius 2 is 1.96 bits per heavy atom. The first-order valence-electron chi connectivity index (χ1n) is 8.18. The average Bonchev–Trinajstić information content (AvgIpc) is 3.23. The highest BCUT2D eigenvalue weighted by atomic mass is 16.2. The number of para-hydroxylation sites is 1. The standard InChI is InChI=1S/C19H17N7O/c1-26(13-14-7-3-2-4-8-14)19(27)16-9-5-6-10-17(16)21-12-15(11-20)18-22-24-25-23-18/h2-10,12,21H,13H2,1H3,(H,22,23,24,25). The fraction of sp³-hybridized carbons (Fsp3) is 0.105. The summed E-state index contributed by atoms with van der Waals surface area (Å²) in [4.78, 5) is 14.5. The van der Waals surface area contributed by atoms with Gasteiger partial charge in [-0.25, -0.2) is 0 Å². The van der Waals surface area contributed by atoms with Gasteiger partial charge in [0.05, 0.1) is 11.3 Å². The maximum absolute atomic E-state index is 12.9. The van der Waals surface area contributed by atoms with Gasteiger partial charge < -0.3 is 10.2 Å². The largest absolute Gasteiger partial charge is 0.360 e. The van der Waals surface area contributed by atoms with Crippen LogP contribution in [0.2, 0.25) is 0 Å². The third kappa shape index (κ3) is 4.35. The van der Waals surface area contributed by atoms with Gasteiger partial charge in [0.1, 0.15) is 11.6 Å². The highest BCUT2D eigenvalue weighted by molar-refractivity contribution is 5.99. The summed E-state index contributed by atoms with van der Waals surface area (Å²) >= 11 is 0. The van der Waals surface area contributed by atoms with E-state index >= 15 is 0 Å². The van der Waals surface area contributed by atoms with Crippen LogP contribution in [-0.2, 0) is 6.54 Å². The second-order valence-corrected chi connectivity index (χ2v) is 5.74. The number of nitriles is 1. The Kier molecular flexibility index (Phi) is 5.54. The van der Waals surface area contributed by atoms with Crippen molar-refractivity contribution in [1.29, 1.82) is 5.26 Å². The lowest BCUT2D eigenvalue weighted by molar-refractivity contribution is 0.0786. The zero-order valence-electron chi connectivity index (χ0n) is 14.6. The van der Waals surface area contributed by atoms with E-state index in [2.05, 4.69) is 25.9 Å². The van der Waals surface area contributed by atoms with Crippen LogP contribution in [0.4, 0.5) is 5.69 Å². The van der Waals surface area contributed by atoms with Crippen molar-refractivity contribution in [3.63, 3.8) is 0 Å². The van der Waals surface area contributed by atoms with Gasteiger partial charge in [-0.05, 0) is 22.9 Å². The minimum Gasteiger partial charge on any atom is -0.360 e. The van der Waals surface area contributed by atoms with E-state index < -0.39 is 0 Å². The van der Waals surface area contributed by atoms with E-state index in [0.29, 0.717) is 17.8 Å². The molecule has 0 unspecified atom stereocenters. The summed E-state index contributed by atoms with van der Waals surface area (Å²) in [6.07, 6.45) is 1.45. The third-order valence-electron chi connectivity index (χ3n) is 3.85. The quantitative estimate of drug-likeness (QED) is 0.654. The number of anilines is 1. The number of allylic oxidation sites excluding steroid dienone is 1. The minimum absolute atomic E-state index is 0.131. The summed E-state index contributed by atoms with van der Waals surface area (Å²) < 4.78 is 0. The Morgan fingerprint density at radius 3 is 2.67 bits per heavy atom. The Bertz CT molecular complexity index is 975. The summed E-state index contributed by atoms with van der Waals surface area (Å²) in [6.45, 7) is 0.496. The monoisotopic (exact) mass is 359 g/mol. The lowest BCUT2D eigenvalue weighted by atomic mass is 10.1. The molecule has 8 heteroatoms. The van der Waals surface area contributed by atoms with E-state index in [1.807, 2.05) is 42.5 Å². The number of rotatable bonds is 6. The third-order valence-corrected chi connectivity index (χ3v) is 3.85. The molecule has 2 aromatic carbocycles. The molecule has 0 bridgehead atoms. The van der Waals surface area contributed by atoms with E-state index in [-0.39, 0.29) is 17.3 Å². The van der Waals surface area contributed by atoms with Gasteiger partial charge in [0, 0.05) is 19.8 Å². The number of aromatic amines is 1. The highest BCUT2D eigenvalue weighted by Crippen LogP contribution is 2.19. The molecule has 0 aliphatic rings. The van der Waals surface area contributed by atoms with Gasteiger partial charge in [-0.15, -0.1) is 10.2 Å². The molecule has 1 amide bonds. The van der Waals surface area contributed by atoms with E-state index in [1.165, 1.54) is 6.20 Å². The Hall–Kier alpha value is -3.99. The molecule has 0 atom stereocenters. The van der Waals surface area contributed by atoms with Crippen molar-refractivity contribution in [2.75, 3.05) is 12.4 Å². The molecule has 27 heavy (non-hydrogen) atoms. The van der Waals surface area contributed by atoms with Gasteiger partial charge in [-0.2, -0.15) is 10.5 Å². The topological polar surface area (TPSA) is 111 Å². The number of nitrogens with one attached hydrogen (secondary N) is 2. The van der Waals surface area contributed by atoms with E-state index in [4.69, 9.17) is 0 Å². The first-order chi connectivity index (χ1) is 13.2.